The fourth-order valence-corrected chi connectivity index (χ4v) is 2.92. The number of benzene rings is 1. The zero-order valence-corrected chi connectivity index (χ0v) is 13.3. The van der Waals surface area contributed by atoms with Crippen molar-refractivity contribution in [3.63, 3.8) is 0 Å². The highest BCUT2D eigenvalue weighted by Gasteiger charge is 2.25. The number of carbonyl (C=O) groups excluding carboxylic acids is 1. The minimum atomic E-state index is -0.471. The predicted molar refractivity (Wildman–Crippen MR) is 88.2 cm³/mol. The minimum Gasteiger partial charge on any atom is -0.381 e. The van der Waals surface area contributed by atoms with E-state index in [1.807, 2.05) is 6.07 Å². The van der Waals surface area contributed by atoms with Crippen molar-refractivity contribution in [2.45, 2.75) is 18.9 Å². The molecule has 1 aromatic carbocycles. The van der Waals surface area contributed by atoms with Gasteiger partial charge in [0.25, 0.3) is 5.91 Å². The lowest BCUT2D eigenvalue weighted by atomic mass is 10.0. The number of carbonyl (C=O) groups is 1. The summed E-state index contributed by atoms with van der Waals surface area (Å²) in [7, 11) is 0. The Hall–Kier alpha value is -2.14. The van der Waals surface area contributed by atoms with Crippen LogP contribution in [-0.4, -0.2) is 34.9 Å². The van der Waals surface area contributed by atoms with E-state index in [1.54, 1.807) is 29.4 Å². The van der Waals surface area contributed by atoms with Gasteiger partial charge in [-0.3, -0.25) is 9.78 Å². The van der Waals surface area contributed by atoms with Crippen LogP contribution in [0, 0.1) is 5.82 Å². The van der Waals surface area contributed by atoms with Crippen LogP contribution >= 0.6 is 11.6 Å². The van der Waals surface area contributed by atoms with Gasteiger partial charge in [0.1, 0.15) is 5.82 Å². The highest BCUT2D eigenvalue weighted by molar-refractivity contribution is 6.33. The van der Waals surface area contributed by atoms with Crippen LogP contribution in [0.15, 0.2) is 42.7 Å². The Morgan fingerprint density at radius 3 is 2.70 bits per heavy atom. The summed E-state index contributed by atoms with van der Waals surface area (Å²) in [6.07, 6.45) is 4.86. The molecule has 1 fully saturated rings. The molecule has 0 bridgehead atoms. The molecule has 0 atom stereocenters. The maximum atomic E-state index is 13.7. The van der Waals surface area contributed by atoms with Gasteiger partial charge in [-0.05, 0) is 31.0 Å². The zero-order valence-electron chi connectivity index (χ0n) is 12.5. The Bertz CT molecular complexity index is 702. The van der Waals surface area contributed by atoms with Gasteiger partial charge in [0.2, 0.25) is 0 Å². The first-order chi connectivity index (χ1) is 11.1. The molecule has 23 heavy (non-hydrogen) atoms. The highest BCUT2D eigenvalue weighted by atomic mass is 35.5. The number of hydrogen-bond acceptors (Lipinski definition) is 3. The van der Waals surface area contributed by atoms with Gasteiger partial charge in [0.05, 0.1) is 16.3 Å². The first-order valence-electron chi connectivity index (χ1n) is 7.55. The Labute approximate surface area is 139 Å². The van der Waals surface area contributed by atoms with Crippen LogP contribution < -0.4 is 5.32 Å². The Morgan fingerprint density at radius 2 is 2.00 bits per heavy atom. The number of pyridine rings is 1. The molecule has 2 aromatic rings. The van der Waals surface area contributed by atoms with Gasteiger partial charge < -0.3 is 10.2 Å². The molecule has 120 valence electrons. The van der Waals surface area contributed by atoms with Crippen LogP contribution in [0.25, 0.3) is 0 Å². The standard InChI is InChI=1S/C17H17ClFN3O/c18-14-11-20-8-5-16(14)21-12-6-9-22(10-7-12)17(23)13-3-1-2-4-15(13)19/h1-5,8,11-12H,6-7,9-10H2,(H,20,21). The number of piperidine rings is 1. The van der Waals surface area contributed by atoms with Crippen molar-refractivity contribution in [2.24, 2.45) is 0 Å². The fourth-order valence-electron chi connectivity index (χ4n) is 2.74. The molecule has 1 amide bonds. The van der Waals surface area contributed by atoms with Crippen LogP contribution in [0.5, 0.6) is 0 Å². The van der Waals surface area contributed by atoms with E-state index in [0.717, 1.165) is 18.5 Å². The number of rotatable bonds is 3. The summed E-state index contributed by atoms with van der Waals surface area (Å²) >= 11 is 6.09. The minimum absolute atomic E-state index is 0.135. The van der Waals surface area contributed by atoms with Crippen molar-refractivity contribution in [3.8, 4) is 0 Å². The molecule has 0 radical (unpaired) electrons. The van der Waals surface area contributed by atoms with Crippen molar-refractivity contribution in [2.75, 3.05) is 18.4 Å². The molecule has 0 spiro atoms. The molecule has 1 N–H and O–H groups in total. The molecule has 1 aromatic heterocycles. The van der Waals surface area contributed by atoms with E-state index in [0.29, 0.717) is 18.1 Å². The largest absolute Gasteiger partial charge is 0.381 e. The normalized spacial score (nSPS) is 15.5. The number of anilines is 1. The number of hydrogen-bond donors (Lipinski definition) is 1. The molecule has 4 nitrogen and oxygen atoms in total. The SMILES string of the molecule is O=C(c1ccccc1F)N1CCC(Nc2ccncc2Cl)CC1. The van der Waals surface area contributed by atoms with Crippen LogP contribution in [0.1, 0.15) is 23.2 Å². The van der Waals surface area contributed by atoms with E-state index in [4.69, 9.17) is 11.6 Å². The zero-order chi connectivity index (χ0) is 16.2. The van der Waals surface area contributed by atoms with Gasteiger partial charge in [-0.15, -0.1) is 0 Å². The number of amides is 1. The summed E-state index contributed by atoms with van der Waals surface area (Å²) in [5, 5.41) is 3.96. The second kappa shape index (κ2) is 6.96. The molecule has 1 saturated heterocycles. The summed E-state index contributed by atoms with van der Waals surface area (Å²) in [4.78, 5) is 18.0. The Morgan fingerprint density at radius 1 is 1.26 bits per heavy atom. The van der Waals surface area contributed by atoms with Crippen LogP contribution in [0.2, 0.25) is 5.02 Å². The molecule has 1 aliphatic rings. The molecule has 0 aliphatic carbocycles. The van der Waals surface area contributed by atoms with Crippen molar-refractivity contribution in [1.82, 2.24) is 9.88 Å². The molecule has 0 unspecified atom stereocenters. The third-order valence-corrected chi connectivity index (χ3v) is 4.32. The highest BCUT2D eigenvalue weighted by Crippen LogP contribution is 2.23. The molecule has 6 heteroatoms. The second-order valence-electron chi connectivity index (χ2n) is 5.55. The summed E-state index contributed by atoms with van der Waals surface area (Å²) in [6, 6.07) is 8.17. The number of halogens is 2. The molecular weight excluding hydrogens is 317 g/mol. The maximum Gasteiger partial charge on any atom is 0.256 e. The number of likely N-dealkylation sites (tertiary alicyclic amines) is 1. The van der Waals surface area contributed by atoms with Crippen molar-refractivity contribution >= 4 is 23.2 Å². The third kappa shape index (κ3) is 3.62. The summed E-state index contributed by atoms with van der Waals surface area (Å²) < 4.78 is 13.7. The Kier molecular flexibility index (Phi) is 4.76. The van der Waals surface area contributed by atoms with Gasteiger partial charge >= 0.3 is 0 Å². The molecule has 2 heterocycles. The lowest BCUT2D eigenvalue weighted by molar-refractivity contribution is 0.0714. The molecule has 3 rings (SSSR count). The van der Waals surface area contributed by atoms with Gasteiger partial charge in [0, 0.05) is 31.5 Å². The number of nitrogens with one attached hydrogen (secondary N) is 1. The summed E-state index contributed by atoms with van der Waals surface area (Å²) in [6.45, 7) is 1.18. The van der Waals surface area contributed by atoms with Crippen LogP contribution in [-0.2, 0) is 0 Å². The molecule has 1 aliphatic heterocycles. The molecular formula is C17H17ClFN3O. The average molecular weight is 334 g/mol. The summed E-state index contributed by atoms with van der Waals surface area (Å²) in [5.74, 6) is -0.718. The van der Waals surface area contributed by atoms with Gasteiger partial charge in [0.15, 0.2) is 0 Å². The monoisotopic (exact) mass is 333 g/mol. The van der Waals surface area contributed by atoms with E-state index < -0.39 is 5.82 Å². The fraction of sp³-hybridized carbons (Fsp3) is 0.294. The van der Waals surface area contributed by atoms with Crippen LogP contribution in [0.4, 0.5) is 10.1 Å². The maximum absolute atomic E-state index is 13.7. The van der Waals surface area contributed by atoms with Crippen molar-refractivity contribution in [3.05, 3.63) is 59.1 Å². The smallest absolute Gasteiger partial charge is 0.256 e. The lowest BCUT2D eigenvalue weighted by Crippen LogP contribution is -2.42. The van der Waals surface area contributed by atoms with Crippen LogP contribution in [0.3, 0.4) is 0 Å². The van der Waals surface area contributed by atoms with E-state index in [1.165, 1.54) is 12.1 Å². The second-order valence-corrected chi connectivity index (χ2v) is 5.95. The first kappa shape index (κ1) is 15.7. The number of nitrogens with zero attached hydrogens (tertiary/aromatic N) is 2. The lowest BCUT2D eigenvalue weighted by Gasteiger charge is -2.33. The summed E-state index contributed by atoms with van der Waals surface area (Å²) in [5.41, 5.74) is 0.983. The predicted octanol–water partition coefficient (Wildman–Crippen LogP) is 3.59. The van der Waals surface area contributed by atoms with Crippen molar-refractivity contribution < 1.29 is 9.18 Å². The van der Waals surface area contributed by atoms with Gasteiger partial charge in [-0.2, -0.15) is 0 Å². The quantitative estimate of drug-likeness (QED) is 0.933. The van der Waals surface area contributed by atoms with Gasteiger partial charge in [-0.25, -0.2) is 4.39 Å². The number of aromatic nitrogens is 1. The van der Waals surface area contributed by atoms with E-state index in [-0.39, 0.29) is 17.5 Å². The van der Waals surface area contributed by atoms with E-state index in [2.05, 4.69) is 10.3 Å². The van der Waals surface area contributed by atoms with Gasteiger partial charge in [-0.1, -0.05) is 23.7 Å². The average Bonchev–Trinajstić information content (AvgIpc) is 2.57. The Balaban J connectivity index is 1.59. The van der Waals surface area contributed by atoms with Crippen molar-refractivity contribution in [1.29, 1.82) is 0 Å². The third-order valence-electron chi connectivity index (χ3n) is 4.02. The molecule has 0 saturated carbocycles. The first-order valence-corrected chi connectivity index (χ1v) is 7.93. The van der Waals surface area contributed by atoms with E-state index in [9.17, 15) is 9.18 Å². The van der Waals surface area contributed by atoms with E-state index >= 15 is 0 Å². The topological polar surface area (TPSA) is 45.2 Å².